The number of hydrogen-bond donors (Lipinski definition) is 3. The van der Waals surface area contributed by atoms with Crippen molar-refractivity contribution < 1.29 is 5.11 Å². The van der Waals surface area contributed by atoms with Crippen molar-refractivity contribution in [2.75, 3.05) is 12.4 Å². The molecule has 0 radical (unpaired) electrons. The minimum atomic E-state index is -0.322. The molecule has 3 heterocycles. The van der Waals surface area contributed by atoms with Crippen molar-refractivity contribution in [1.82, 2.24) is 15.3 Å². The number of dihydropyridines is 1. The Balaban J connectivity index is 1.89. The van der Waals surface area contributed by atoms with Gasteiger partial charge in [0.25, 0.3) is 0 Å². The molecule has 1 aliphatic rings. The maximum absolute atomic E-state index is 9.52. The summed E-state index contributed by atoms with van der Waals surface area (Å²) in [5, 5.41) is 18.0. The summed E-state index contributed by atoms with van der Waals surface area (Å²) in [6.07, 6.45) is 8.25. The third kappa shape index (κ3) is 3.35. The lowest BCUT2D eigenvalue weighted by atomic mass is 9.96. The van der Waals surface area contributed by atoms with Crippen LogP contribution in [-0.4, -0.2) is 34.3 Å². The van der Waals surface area contributed by atoms with Gasteiger partial charge in [-0.25, -0.2) is 4.98 Å². The molecule has 5 heteroatoms. The minimum absolute atomic E-state index is 0.166. The van der Waals surface area contributed by atoms with Gasteiger partial charge in [-0.2, -0.15) is 0 Å². The minimum Gasteiger partial charge on any atom is -0.393 e. The van der Waals surface area contributed by atoms with E-state index in [0.717, 1.165) is 27.9 Å². The molecular weight excluding hydrogens is 288 g/mol. The van der Waals surface area contributed by atoms with Crippen LogP contribution in [0.4, 0.5) is 5.82 Å². The van der Waals surface area contributed by atoms with Gasteiger partial charge in [-0.05, 0) is 38.0 Å². The largest absolute Gasteiger partial charge is 0.393 e. The number of rotatable bonds is 4. The van der Waals surface area contributed by atoms with Crippen molar-refractivity contribution in [2.24, 2.45) is 0 Å². The lowest BCUT2D eigenvalue weighted by Gasteiger charge is -2.23. The third-order valence-electron chi connectivity index (χ3n) is 4.05. The molecule has 3 rings (SSSR count). The van der Waals surface area contributed by atoms with Gasteiger partial charge in [0.1, 0.15) is 5.82 Å². The van der Waals surface area contributed by atoms with E-state index in [1.165, 1.54) is 5.57 Å². The Morgan fingerprint density at radius 2 is 2.00 bits per heavy atom. The Morgan fingerprint density at radius 1 is 1.26 bits per heavy atom. The second-order valence-corrected chi connectivity index (χ2v) is 6.00. The van der Waals surface area contributed by atoms with E-state index >= 15 is 0 Å². The number of aromatic nitrogens is 2. The van der Waals surface area contributed by atoms with Crippen molar-refractivity contribution in [1.29, 1.82) is 0 Å². The lowest BCUT2D eigenvalue weighted by Crippen LogP contribution is -2.29. The molecule has 23 heavy (non-hydrogen) atoms. The predicted molar refractivity (Wildman–Crippen MR) is 94.0 cm³/mol. The number of pyridine rings is 2. The Labute approximate surface area is 136 Å². The monoisotopic (exact) mass is 310 g/mol. The number of nitrogens with one attached hydrogen (secondary N) is 2. The van der Waals surface area contributed by atoms with Crippen LogP contribution in [0.25, 0.3) is 16.3 Å². The van der Waals surface area contributed by atoms with E-state index < -0.39 is 0 Å². The zero-order valence-electron chi connectivity index (χ0n) is 13.7. The Kier molecular flexibility index (Phi) is 4.30. The van der Waals surface area contributed by atoms with Gasteiger partial charge in [-0.15, -0.1) is 0 Å². The van der Waals surface area contributed by atoms with Crippen LogP contribution in [0.3, 0.4) is 0 Å². The molecule has 0 aliphatic carbocycles. The number of fused-ring (bicyclic) bond motifs is 1. The highest BCUT2D eigenvalue weighted by Crippen LogP contribution is 2.27. The molecule has 2 unspecified atom stereocenters. The smallest absolute Gasteiger partial charge is 0.126 e. The van der Waals surface area contributed by atoms with Crippen LogP contribution < -0.4 is 10.6 Å². The van der Waals surface area contributed by atoms with E-state index in [0.29, 0.717) is 6.42 Å². The highest BCUT2D eigenvalue weighted by atomic mass is 16.3. The summed E-state index contributed by atoms with van der Waals surface area (Å²) < 4.78 is 0. The molecule has 3 N–H and O–H groups in total. The molecule has 0 aromatic carbocycles. The molecule has 120 valence electrons. The van der Waals surface area contributed by atoms with E-state index in [2.05, 4.69) is 39.7 Å². The van der Waals surface area contributed by atoms with Crippen molar-refractivity contribution in [2.45, 2.75) is 32.4 Å². The highest BCUT2D eigenvalue weighted by molar-refractivity contribution is 5.88. The Morgan fingerprint density at radius 3 is 2.70 bits per heavy atom. The van der Waals surface area contributed by atoms with Crippen molar-refractivity contribution in [3.8, 4) is 0 Å². The van der Waals surface area contributed by atoms with Gasteiger partial charge in [0.15, 0.2) is 0 Å². The molecule has 5 nitrogen and oxygen atoms in total. The van der Waals surface area contributed by atoms with Crippen LogP contribution in [-0.2, 0) is 0 Å². The van der Waals surface area contributed by atoms with Crippen molar-refractivity contribution in [3.63, 3.8) is 0 Å². The van der Waals surface area contributed by atoms with E-state index in [-0.39, 0.29) is 12.1 Å². The Bertz CT molecular complexity index is 780. The molecule has 0 saturated carbocycles. The normalized spacial score (nSPS) is 18.9. The van der Waals surface area contributed by atoms with E-state index in [4.69, 9.17) is 0 Å². The molecule has 0 amide bonds. The summed E-state index contributed by atoms with van der Waals surface area (Å²) >= 11 is 0. The van der Waals surface area contributed by atoms with Gasteiger partial charge in [-0.1, -0.05) is 6.08 Å². The number of aliphatic hydroxyl groups is 1. The first-order chi connectivity index (χ1) is 11.1. The van der Waals surface area contributed by atoms with Gasteiger partial charge in [-0.3, -0.25) is 4.98 Å². The first kappa shape index (κ1) is 15.5. The summed E-state index contributed by atoms with van der Waals surface area (Å²) in [4.78, 5) is 8.95. The molecule has 0 bridgehead atoms. The fraction of sp³-hybridized carbons (Fsp3) is 0.333. The fourth-order valence-corrected chi connectivity index (χ4v) is 2.84. The second kappa shape index (κ2) is 6.38. The molecule has 0 saturated heterocycles. The zero-order chi connectivity index (χ0) is 16.4. The molecule has 0 fully saturated rings. The molecule has 2 aromatic heterocycles. The van der Waals surface area contributed by atoms with E-state index in [1.54, 1.807) is 6.92 Å². The van der Waals surface area contributed by atoms with Gasteiger partial charge in [0.05, 0.1) is 11.8 Å². The average Bonchev–Trinajstić information content (AvgIpc) is 2.53. The molecular formula is C18H22N4O. The van der Waals surface area contributed by atoms with Gasteiger partial charge >= 0.3 is 0 Å². The number of aliphatic hydroxyl groups excluding tert-OH is 1. The first-order valence-corrected chi connectivity index (χ1v) is 7.84. The summed E-state index contributed by atoms with van der Waals surface area (Å²) in [6, 6.07) is 4.21. The molecule has 1 aliphatic heterocycles. The number of allylic oxidation sites excluding steroid dienone is 2. The number of hydrogen-bond acceptors (Lipinski definition) is 5. The number of anilines is 1. The average molecular weight is 310 g/mol. The maximum atomic E-state index is 9.52. The topological polar surface area (TPSA) is 70.1 Å². The van der Waals surface area contributed by atoms with Crippen LogP contribution in [0.15, 0.2) is 42.4 Å². The van der Waals surface area contributed by atoms with Crippen LogP contribution >= 0.6 is 0 Å². The first-order valence-electron chi connectivity index (χ1n) is 7.84. The predicted octanol–water partition coefficient (Wildman–Crippen LogP) is 2.70. The van der Waals surface area contributed by atoms with Crippen LogP contribution in [0.5, 0.6) is 0 Å². The molecule has 2 atom stereocenters. The lowest BCUT2D eigenvalue weighted by molar-refractivity contribution is 0.177. The SMILES string of the molecule is CNc1cc2cnc(C3=CNC(CC(C)O)C=C3C)cc2cn1. The summed E-state index contributed by atoms with van der Waals surface area (Å²) in [6.45, 7) is 3.89. The quantitative estimate of drug-likeness (QED) is 0.810. The summed E-state index contributed by atoms with van der Waals surface area (Å²) in [5.74, 6) is 0.836. The second-order valence-electron chi connectivity index (χ2n) is 6.00. The molecule has 0 spiro atoms. The zero-order valence-corrected chi connectivity index (χ0v) is 13.7. The van der Waals surface area contributed by atoms with E-state index in [9.17, 15) is 5.11 Å². The standard InChI is InChI=1S/C18H22N4O/c1-11-4-15(5-12(2)23)20-10-16(11)17-6-13-9-22-18(19-3)7-14(13)8-21-17/h4,6-10,12,15,20,23H,5H2,1-3H3,(H,19,22). The van der Waals surface area contributed by atoms with Crippen molar-refractivity contribution >= 4 is 22.2 Å². The summed E-state index contributed by atoms with van der Waals surface area (Å²) in [7, 11) is 1.85. The van der Waals surface area contributed by atoms with Crippen molar-refractivity contribution in [3.05, 3.63) is 48.1 Å². The van der Waals surface area contributed by atoms with Gasteiger partial charge in [0.2, 0.25) is 0 Å². The van der Waals surface area contributed by atoms with Crippen LogP contribution in [0, 0.1) is 0 Å². The maximum Gasteiger partial charge on any atom is 0.126 e. The van der Waals surface area contributed by atoms with Crippen LogP contribution in [0.1, 0.15) is 26.0 Å². The Hall–Kier alpha value is -2.40. The third-order valence-corrected chi connectivity index (χ3v) is 4.05. The highest BCUT2D eigenvalue weighted by Gasteiger charge is 2.16. The van der Waals surface area contributed by atoms with Gasteiger partial charge < -0.3 is 15.7 Å². The van der Waals surface area contributed by atoms with Gasteiger partial charge in [0, 0.05) is 48.0 Å². The van der Waals surface area contributed by atoms with Crippen LogP contribution in [0.2, 0.25) is 0 Å². The fourth-order valence-electron chi connectivity index (χ4n) is 2.84. The molecule has 2 aromatic rings. The summed E-state index contributed by atoms with van der Waals surface area (Å²) in [5.41, 5.74) is 3.17. The van der Waals surface area contributed by atoms with E-state index in [1.807, 2.05) is 31.7 Å². The number of nitrogens with zero attached hydrogens (tertiary/aromatic N) is 2.